The number of nitrogen functional groups attached to an aromatic ring is 1. The second kappa shape index (κ2) is 6.02. The van der Waals surface area contributed by atoms with E-state index in [0.29, 0.717) is 22.2 Å². The minimum Gasteiger partial charge on any atom is -0.398 e. The molecular formula is C15H21ClN2O2. The summed E-state index contributed by atoms with van der Waals surface area (Å²) in [4.78, 5) is 12.0. The first-order valence-electron chi connectivity index (χ1n) is 6.95. The first kappa shape index (κ1) is 15.1. The predicted octanol–water partition coefficient (Wildman–Crippen LogP) is 2.59. The molecule has 0 unspecified atom stereocenters. The van der Waals surface area contributed by atoms with Gasteiger partial charge in [-0.15, -0.1) is 0 Å². The van der Waals surface area contributed by atoms with Gasteiger partial charge >= 0.3 is 0 Å². The van der Waals surface area contributed by atoms with Crippen LogP contribution in [0, 0.1) is 5.92 Å². The van der Waals surface area contributed by atoms with E-state index in [9.17, 15) is 9.90 Å². The van der Waals surface area contributed by atoms with Crippen LogP contribution in [0.25, 0.3) is 0 Å². The molecule has 0 radical (unpaired) electrons. The summed E-state index contributed by atoms with van der Waals surface area (Å²) in [7, 11) is 0. The highest BCUT2D eigenvalue weighted by Crippen LogP contribution is 2.31. The molecule has 1 aromatic carbocycles. The Morgan fingerprint density at radius 2 is 2.15 bits per heavy atom. The molecule has 1 amide bonds. The van der Waals surface area contributed by atoms with Crippen molar-refractivity contribution in [3.8, 4) is 0 Å². The fourth-order valence-electron chi connectivity index (χ4n) is 2.51. The summed E-state index contributed by atoms with van der Waals surface area (Å²) < 4.78 is 0. The number of hydrogen-bond donors (Lipinski definition) is 3. The number of halogens is 1. The molecule has 1 fully saturated rings. The van der Waals surface area contributed by atoms with Gasteiger partial charge in [0.2, 0.25) is 0 Å². The van der Waals surface area contributed by atoms with Gasteiger partial charge in [-0.05, 0) is 49.8 Å². The number of carbonyl (C=O) groups excluding carboxylic acids is 1. The van der Waals surface area contributed by atoms with Gasteiger partial charge in [-0.1, -0.05) is 18.5 Å². The SMILES string of the molecule is CC1CCC(O)(CNC(=O)c2ccc(Cl)c(N)c2)CC1. The van der Waals surface area contributed by atoms with E-state index in [1.54, 1.807) is 18.2 Å². The zero-order valence-corrected chi connectivity index (χ0v) is 12.4. The fraction of sp³-hybridized carbons (Fsp3) is 0.533. The van der Waals surface area contributed by atoms with Gasteiger partial charge in [-0.2, -0.15) is 0 Å². The van der Waals surface area contributed by atoms with Gasteiger partial charge < -0.3 is 16.2 Å². The Hall–Kier alpha value is -1.26. The van der Waals surface area contributed by atoms with Gasteiger partial charge in [0, 0.05) is 12.1 Å². The van der Waals surface area contributed by atoms with Crippen LogP contribution in [0.1, 0.15) is 43.0 Å². The van der Waals surface area contributed by atoms with E-state index in [0.717, 1.165) is 25.7 Å². The van der Waals surface area contributed by atoms with Crippen molar-refractivity contribution >= 4 is 23.2 Å². The lowest BCUT2D eigenvalue weighted by Crippen LogP contribution is -2.45. The van der Waals surface area contributed by atoms with E-state index in [-0.39, 0.29) is 12.5 Å². The average Bonchev–Trinajstić information content (AvgIpc) is 2.43. The van der Waals surface area contributed by atoms with Gasteiger partial charge in [0.15, 0.2) is 0 Å². The predicted molar refractivity (Wildman–Crippen MR) is 80.8 cm³/mol. The number of rotatable bonds is 3. The Labute approximate surface area is 124 Å². The molecule has 1 aliphatic rings. The van der Waals surface area contributed by atoms with E-state index in [1.165, 1.54) is 0 Å². The maximum Gasteiger partial charge on any atom is 0.251 e. The molecule has 0 aliphatic heterocycles. The molecule has 0 spiro atoms. The molecule has 1 aromatic rings. The van der Waals surface area contributed by atoms with Crippen LogP contribution < -0.4 is 11.1 Å². The summed E-state index contributed by atoms with van der Waals surface area (Å²) >= 11 is 5.82. The van der Waals surface area contributed by atoms with E-state index in [2.05, 4.69) is 12.2 Å². The Balaban J connectivity index is 1.93. The summed E-state index contributed by atoms with van der Waals surface area (Å²) in [6, 6.07) is 4.77. The minimum atomic E-state index is -0.778. The van der Waals surface area contributed by atoms with Gasteiger partial charge in [-0.25, -0.2) is 0 Å². The highest BCUT2D eigenvalue weighted by molar-refractivity contribution is 6.33. The van der Waals surface area contributed by atoms with Crippen LogP contribution in [0.2, 0.25) is 5.02 Å². The third kappa shape index (κ3) is 3.64. The number of nitrogens with one attached hydrogen (secondary N) is 1. The molecule has 20 heavy (non-hydrogen) atoms. The maximum absolute atomic E-state index is 12.0. The van der Waals surface area contributed by atoms with Gasteiger partial charge in [0.05, 0.1) is 16.3 Å². The van der Waals surface area contributed by atoms with Crippen molar-refractivity contribution in [2.24, 2.45) is 5.92 Å². The maximum atomic E-state index is 12.0. The van der Waals surface area contributed by atoms with E-state index < -0.39 is 5.60 Å². The molecule has 4 N–H and O–H groups in total. The summed E-state index contributed by atoms with van der Waals surface area (Å²) in [5.41, 5.74) is 5.74. The normalized spacial score (nSPS) is 26.2. The van der Waals surface area contributed by atoms with Gasteiger partial charge in [0.25, 0.3) is 5.91 Å². The molecule has 0 bridgehead atoms. The van der Waals surface area contributed by atoms with Gasteiger partial charge in [0.1, 0.15) is 0 Å². The highest BCUT2D eigenvalue weighted by atomic mass is 35.5. The number of nitrogens with two attached hydrogens (primary N) is 1. The van der Waals surface area contributed by atoms with E-state index in [4.69, 9.17) is 17.3 Å². The summed E-state index contributed by atoms with van der Waals surface area (Å²) in [5, 5.41) is 13.6. The average molecular weight is 297 g/mol. The summed E-state index contributed by atoms with van der Waals surface area (Å²) in [5.74, 6) is 0.419. The number of aliphatic hydroxyl groups is 1. The summed E-state index contributed by atoms with van der Waals surface area (Å²) in [6.07, 6.45) is 3.47. The Morgan fingerprint density at radius 3 is 2.75 bits per heavy atom. The van der Waals surface area contributed by atoms with Crippen LogP contribution in [-0.4, -0.2) is 23.2 Å². The molecular weight excluding hydrogens is 276 g/mol. The van der Waals surface area contributed by atoms with Crippen molar-refractivity contribution in [1.82, 2.24) is 5.32 Å². The zero-order chi connectivity index (χ0) is 14.8. The second-order valence-corrected chi connectivity index (χ2v) is 6.23. The van der Waals surface area contributed by atoms with E-state index in [1.807, 2.05) is 0 Å². The van der Waals surface area contributed by atoms with Crippen molar-refractivity contribution in [3.05, 3.63) is 28.8 Å². The first-order chi connectivity index (χ1) is 9.39. The molecule has 5 heteroatoms. The second-order valence-electron chi connectivity index (χ2n) is 5.83. The molecule has 1 saturated carbocycles. The molecule has 110 valence electrons. The van der Waals surface area contributed by atoms with E-state index >= 15 is 0 Å². The molecule has 2 rings (SSSR count). The van der Waals surface area contributed by atoms with Crippen molar-refractivity contribution in [3.63, 3.8) is 0 Å². The molecule has 0 aromatic heterocycles. The number of carbonyl (C=O) groups is 1. The largest absolute Gasteiger partial charge is 0.398 e. The number of hydrogen-bond acceptors (Lipinski definition) is 3. The first-order valence-corrected chi connectivity index (χ1v) is 7.33. The number of anilines is 1. The highest BCUT2D eigenvalue weighted by Gasteiger charge is 2.32. The molecule has 0 saturated heterocycles. The van der Waals surface area contributed by atoms with Crippen molar-refractivity contribution in [1.29, 1.82) is 0 Å². The minimum absolute atomic E-state index is 0.236. The standard InChI is InChI=1S/C15H21ClN2O2/c1-10-4-6-15(20,7-5-10)9-18-14(19)11-2-3-12(16)13(17)8-11/h2-3,8,10,20H,4-7,9,17H2,1H3,(H,18,19). The number of benzene rings is 1. The molecule has 4 nitrogen and oxygen atoms in total. The third-order valence-electron chi connectivity index (χ3n) is 4.04. The molecule has 1 aliphatic carbocycles. The van der Waals surface area contributed by atoms with Crippen LogP contribution in [0.15, 0.2) is 18.2 Å². The van der Waals surface area contributed by atoms with Crippen LogP contribution >= 0.6 is 11.6 Å². The number of amides is 1. The van der Waals surface area contributed by atoms with Crippen LogP contribution in [0.3, 0.4) is 0 Å². The van der Waals surface area contributed by atoms with Crippen LogP contribution in [-0.2, 0) is 0 Å². The van der Waals surface area contributed by atoms with Crippen molar-refractivity contribution < 1.29 is 9.90 Å². The fourth-order valence-corrected chi connectivity index (χ4v) is 2.63. The smallest absolute Gasteiger partial charge is 0.251 e. The summed E-state index contributed by atoms with van der Waals surface area (Å²) in [6.45, 7) is 2.47. The Kier molecular flexibility index (Phi) is 4.55. The quantitative estimate of drug-likeness (QED) is 0.751. The monoisotopic (exact) mass is 296 g/mol. The lowest BCUT2D eigenvalue weighted by atomic mass is 9.79. The van der Waals surface area contributed by atoms with Crippen LogP contribution in [0.5, 0.6) is 0 Å². The topological polar surface area (TPSA) is 75.3 Å². The third-order valence-corrected chi connectivity index (χ3v) is 4.39. The molecule has 0 atom stereocenters. The Morgan fingerprint density at radius 1 is 1.50 bits per heavy atom. The van der Waals surface area contributed by atoms with Crippen molar-refractivity contribution in [2.75, 3.05) is 12.3 Å². The lowest BCUT2D eigenvalue weighted by molar-refractivity contribution is -0.00539. The molecule has 0 heterocycles. The Bertz CT molecular complexity index is 497. The van der Waals surface area contributed by atoms with Crippen LogP contribution in [0.4, 0.5) is 5.69 Å². The lowest BCUT2D eigenvalue weighted by Gasteiger charge is -2.34. The zero-order valence-electron chi connectivity index (χ0n) is 11.7. The van der Waals surface area contributed by atoms with Gasteiger partial charge in [-0.3, -0.25) is 4.79 Å². The van der Waals surface area contributed by atoms with Crippen molar-refractivity contribution in [2.45, 2.75) is 38.2 Å².